The number of nitrogens with one attached hydrogen (secondary N) is 1. The molecule has 0 aliphatic rings. The van der Waals surface area contributed by atoms with Gasteiger partial charge in [-0.3, -0.25) is 20.2 Å². The number of nitro groups is 1. The van der Waals surface area contributed by atoms with Crippen LogP contribution in [-0.4, -0.2) is 21.0 Å². The Morgan fingerprint density at radius 3 is 2.70 bits per heavy atom. The van der Waals surface area contributed by atoms with E-state index in [2.05, 4.69) is 15.5 Å². The number of nitro benzene ring substituents is 1. The van der Waals surface area contributed by atoms with Gasteiger partial charge in [0.05, 0.1) is 4.92 Å². The number of hydrogen-bond acceptors (Lipinski definition) is 7. The molecule has 1 aromatic heterocycles. The van der Waals surface area contributed by atoms with Gasteiger partial charge >= 0.3 is 0 Å². The SMILES string of the molecule is O=C(Nc1nnc(SCc2ccccc2Cl)s1)c1ccc(Cl)c([N+](=O)[O-])c1. The van der Waals surface area contributed by atoms with Gasteiger partial charge in [-0.15, -0.1) is 10.2 Å². The molecule has 0 radical (unpaired) electrons. The minimum atomic E-state index is -0.645. The van der Waals surface area contributed by atoms with Crippen LogP contribution in [0.25, 0.3) is 0 Å². The van der Waals surface area contributed by atoms with E-state index in [9.17, 15) is 14.9 Å². The molecule has 3 rings (SSSR count). The van der Waals surface area contributed by atoms with Crippen LogP contribution in [0.3, 0.4) is 0 Å². The van der Waals surface area contributed by atoms with E-state index in [0.29, 0.717) is 20.2 Å². The normalized spacial score (nSPS) is 10.6. The molecule has 138 valence electrons. The van der Waals surface area contributed by atoms with E-state index in [1.165, 1.54) is 35.2 Å². The molecule has 1 amide bonds. The van der Waals surface area contributed by atoms with Crippen molar-refractivity contribution in [3.63, 3.8) is 0 Å². The van der Waals surface area contributed by atoms with Gasteiger partial charge < -0.3 is 0 Å². The van der Waals surface area contributed by atoms with Crippen LogP contribution in [0.1, 0.15) is 15.9 Å². The van der Waals surface area contributed by atoms with E-state index in [1.54, 1.807) is 0 Å². The fourth-order valence-corrected chi connectivity index (χ4v) is 4.26. The predicted molar refractivity (Wildman–Crippen MR) is 107 cm³/mol. The Bertz CT molecular complexity index is 1010. The molecule has 27 heavy (non-hydrogen) atoms. The molecule has 3 aromatic rings. The first-order valence-corrected chi connectivity index (χ1v) is 9.95. The summed E-state index contributed by atoms with van der Waals surface area (Å²) in [6, 6.07) is 11.3. The van der Waals surface area contributed by atoms with Crippen molar-refractivity contribution in [1.29, 1.82) is 0 Å². The third-order valence-electron chi connectivity index (χ3n) is 3.34. The van der Waals surface area contributed by atoms with Gasteiger partial charge in [0.1, 0.15) is 5.02 Å². The zero-order valence-electron chi connectivity index (χ0n) is 13.4. The van der Waals surface area contributed by atoms with E-state index >= 15 is 0 Å². The fraction of sp³-hybridized carbons (Fsp3) is 0.0625. The molecule has 0 bridgehead atoms. The smallest absolute Gasteiger partial charge is 0.288 e. The molecule has 7 nitrogen and oxygen atoms in total. The summed E-state index contributed by atoms with van der Waals surface area (Å²) in [5.74, 6) is 0.0830. The largest absolute Gasteiger partial charge is 0.296 e. The van der Waals surface area contributed by atoms with E-state index in [0.717, 1.165) is 11.6 Å². The van der Waals surface area contributed by atoms with Gasteiger partial charge in [0, 0.05) is 22.4 Å². The summed E-state index contributed by atoms with van der Waals surface area (Å²) in [5.41, 5.74) is 0.738. The molecule has 0 fully saturated rings. The van der Waals surface area contributed by atoms with Crippen molar-refractivity contribution in [2.24, 2.45) is 0 Å². The lowest BCUT2D eigenvalue weighted by atomic mass is 10.2. The molecule has 0 saturated carbocycles. The molecule has 0 aliphatic carbocycles. The number of carbonyl (C=O) groups excluding carboxylic acids is 1. The highest BCUT2D eigenvalue weighted by atomic mass is 35.5. The maximum Gasteiger partial charge on any atom is 0.288 e. The molecule has 0 aliphatic heterocycles. The van der Waals surface area contributed by atoms with Gasteiger partial charge in [-0.25, -0.2) is 0 Å². The number of nitrogens with zero attached hydrogens (tertiary/aromatic N) is 3. The first-order valence-electron chi connectivity index (χ1n) is 7.39. The Labute approximate surface area is 171 Å². The second kappa shape index (κ2) is 8.66. The number of carbonyl (C=O) groups is 1. The van der Waals surface area contributed by atoms with Gasteiger partial charge in [0.25, 0.3) is 11.6 Å². The number of anilines is 1. The minimum absolute atomic E-state index is 0.0364. The number of rotatable bonds is 6. The van der Waals surface area contributed by atoms with Gasteiger partial charge in [-0.05, 0) is 23.8 Å². The molecular formula is C16H10Cl2N4O3S2. The first-order chi connectivity index (χ1) is 12.9. The van der Waals surface area contributed by atoms with Crippen molar-refractivity contribution in [2.45, 2.75) is 10.1 Å². The number of amides is 1. The topological polar surface area (TPSA) is 98.0 Å². The Kier molecular flexibility index (Phi) is 6.27. The van der Waals surface area contributed by atoms with Crippen LogP contribution in [0.2, 0.25) is 10.0 Å². The molecule has 0 saturated heterocycles. The van der Waals surface area contributed by atoms with Crippen LogP contribution >= 0.6 is 46.3 Å². The molecule has 11 heteroatoms. The Hall–Kier alpha value is -2.20. The van der Waals surface area contributed by atoms with Crippen molar-refractivity contribution < 1.29 is 9.72 Å². The second-order valence-corrected chi connectivity index (χ2v) is 8.15. The third-order valence-corrected chi connectivity index (χ3v) is 6.05. The van der Waals surface area contributed by atoms with Gasteiger partial charge in [-0.2, -0.15) is 0 Å². The van der Waals surface area contributed by atoms with Crippen LogP contribution in [0.4, 0.5) is 10.8 Å². The molecule has 1 N–H and O–H groups in total. The Morgan fingerprint density at radius 2 is 1.96 bits per heavy atom. The summed E-state index contributed by atoms with van der Waals surface area (Å²) < 4.78 is 0.660. The van der Waals surface area contributed by atoms with Crippen molar-refractivity contribution in [2.75, 3.05) is 5.32 Å². The predicted octanol–water partition coefficient (Wildman–Crippen LogP) is 5.30. The maximum absolute atomic E-state index is 12.3. The van der Waals surface area contributed by atoms with Crippen LogP contribution < -0.4 is 5.32 Å². The Balaban J connectivity index is 1.65. The third kappa shape index (κ3) is 4.95. The highest BCUT2D eigenvalue weighted by molar-refractivity contribution is 8.00. The quantitative estimate of drug-likeness (QED) is 0.241. The van der Waals surface area contributed by atoms with E-state index in [-0.39, 0.29) is 16.3 Å². The van der Waals surface area contributed by atoms with Crippen LogP contribution in [0.5, 0.6) is 0 Å². The Morgan fingerprint density at radius 1 is 1.19 bits per heavy atom. The van der Waals surface area contributed by atoms with Crippen LogP contribution in [0, 0.1) is 10.1 Å². The summed E-state index contributed by atoms with van der Waals surface area (Å²) in [4.78, 5) is 22.6. The summed E-state index contributed by atoms with van der Waals surface area (Å²) in [7, 11) is 0. The van der Waals surface area contributed by atoms with E-state index in [1.807, 2.05) is 24.3 Å². The molecule has 0 unspecified atom stereocenters. The van der Waals surface area contributed by atoms with Crippen molar-refractivity contribution >= 4 is 63.0 Å². The van der Waals surface area contributed by atoms with E-state index < -0.39 is 10.8 Å². The highest BCUT2D eigenvalue weighted by Gasteiger charge is 2.17. The highest BCUT2D eigenvalue weighted by Crippen LogP contribution is 2.31. The molecule has 0 spiro atoms. The van der Waals surface area contributed by atoms with Crippen molar-refractivity contribution in [3.8, 4) is 0 Å². The minimum Gasteiger partial charge on any atom is -0.296 e. The monoisotopic (exact) mass is 440 g/mol. The van der Waals surface area contributed by atoms with Gasteiger partial charge in [0.15, 0.2) is 4.34 Å². The molecule has 2 aromatic carbocycles. The number of aromatic nitrogens is 2. The number of benzene rings is 2. The van der Waals surface area contributed by atoms with E-state index in [4.69, 9.17) is 23.2 Å². The van der Waals surface area contributed by atoms with Crippen LogP contribution in [0.15, 0.2) is 46.8 Å². The zero-order valence-corrected chi connectivity index (χ0v) is 16.5. The maximum atomic E-state index is 12.3. The second-order valence-electron chi connectivity index (χ2n) is 5.13. The average Bonchev–Trinajstić information content (AvgIpc) is 3.08. The fourth-order valence-electron chi connectivity index (χ4n) is 2.04. The summed E-state index contributed by atoms with van der Waals surface area (Å²) in [5, 5.41) is 22.4. The standard InChI is InChI=1S/C16H10Cl2N4O3S2/c17-11-4-2-1-3-10(11)8-26-16-21-20-15(27-16)19-14(23)9-5-6-12(18)13(7-9)22(24)25/h1-7H,8H2,(H,19,20,23). The summed E-state index contributed by atoms with van der Waals surface area (Å²) in [6.45, 7) is 0. The number of halogens is 2. The summed E-state index contributed by atoms with van der Waals surface area (Å²) >= 11 is 14.5. The van der Waals surface area contributed by atoms with Crippen LogP contribution in [-0.2, 0) is 5.75 Å². The van der Waals surface area contributed by atoms with Crippen molar-refractivity contribution in [3.05, 3.63) is 73.8 Å². The molecule has 1 heterocycles. The van der Waals surface area contributed by atoms with Gasteiger partial charge in [-0.1, -0.05) is 64.5 Å². The number of thioether (sulfide) groups is 1. The summed E-state index contributed by atoms with van der Waals surface area (Å²) in [6.07, 6.45) is 0. The zero-order chi connectivity index (χ0) is 19.4. The molecular weight excluding hydrogens is 431 g/mol. The average molecular weight is 441 g/mol. The lowest BCUT2D eigenvalue weighted by Gasteiger charge is -2.02. The lowest BCUT2D eigenvalue weighted by molar-refractivity contribution is -0.384. The van der Waals surface area contributed by atoms with Crippen molar-refractivity contribution in [1.82, 2.24) is 10.2 Å². The van der Waals surface area contributed by atoms with Gasteiger partial charge in [0.2, 0.25) is 5.13 Å². The first kappa shape index (κ1) is 19.6. The molecule has 0 atom stereocenters. The lowest BCUT2D eigenvalue weighted by Crippen LogP contribution is -2.12. The number of hydrogen-bond donors (Lipinski definition) is 1.